The van der Waals surface area contributed by atoms with Crippen LogP contribution in [0.15, 0.2) is 60.7 Å². The minimum Gasteiger partial charge on any atom is -0.497 e. The molecule has 2 aromatic carbocycles. The summed E-state index contributed by atoms with van der Waals surface area (Å²) in [6.07, 6.45) is 0.962. The maximum Gasteiger partial charge on any atom is 0.251 e. The molecule has 1 aromatic heterocycles. The van der Waals surface area contributed by atoms with Crippen LogP contribution in [0.2, 0.25) is 0 Å². The Morgan fingerprint density at radius 3 is 2.41 bits per heavy atom. The van der Waals surface area contributed by atoms with Crippen LogP contribution in [-0.4, -0.2) is 29.8 Å². The molecule has 1 heterocycles. The van der Waals surface area contributed by atoms with Crippen molar-refractivity contribution in [3.05, 3.63) is 66.2 Å². The van der Waals surface area contributed by atoms with E-state index < -0.39 is 0 Å². The number of benzene rings is 2. The van der Waals surface area contributed by atoms with Crippen LogP contribution in [0.5, 0.6) is 17.4 Å². The topological polar surface area (TPSA) is 73.3 Å². The van der Waals surface area contributed by atoms with E-state index in [1.165, 1.54) is 0 Å². The first-order valence-corrected chi connectivity index (χ1v) is 9.59. The van der Waals surface area contributed by atoms with E-state index in [0.717, 1.165) is 12.0 Å². The van der Waals surface area contributed by atoms with Crippen LogP contribution in [0.25, 0.3) is 11.3 Å². The molecule has 0 saturated carbocycles. The highest BCUT2D eigenvalue weighted by atomic mass is 16.5. The second-order valence-corrected chi connectivity index (χ2v) is 7.05. The summed E-state index contributed by atoms with van der Waals surface area (Å²) in [7, 11) is 1.61. The molecule has 150 valence electrons. The molecule has 3 rings (SSSR count). The maximum atomic E-state index is 12.2. The minimum atomic E-state index is -0.0645. The zero-order chi connectivity index (χ0) is 20.6. The largest absolute Gasteiger partial charge is 0.497 e. The van der Waals surface area contributed by atoms with Gasteiger partial charge in [-0.05, 0) is 42.7 Å². The van der Waals surface area contributed by atoms with Crippen molar-refractivity contribution in [3.8, 4) is 28.6 Å². The molecule has 1 amide bonds. The van der Waals surface area contributed by atoms with E-state index in [1.54, 1.807) is 31.4 Å². The number of carbonyl (C=O) groups excluding carboxylic acids is 1. The Morgan fingerprint density at radius 2 is 1.76 bits per heavy atom. The molecule has 6 heteroatoms. The van der Waals surface area contributed by atoms with E-state index >= 15 is 0 Å². The van der Waals surface area contributed by atoms with Crippen molar-refractivity contribution in [2.45, 2.75) is 20.3 Å². The number of carbonyl (C=O) groups is 1. The highest BCUT2D eigenvalue weighted by Gasteiger charge is 2.08. The monoisotopic (exact) mass is 391 g/mol. The average Bonchev–Trinajstić information content (AvgIpc) is 2.74. The Balaban J connectivity index is 1.63. The normalized spacial score (nSPS) is 10.6. The van der Waals surface area contributed by atoms with Crippen molar-refractivity contribution in [2.24, 2.45) is 5.92 Å². The predicted octanol–water partition coefficient (Wildman–Crippen LogP) is 4.72. The van der Waals surface area contributed by atoms with E-state index in [0.29, 0.717) is 41.1 Å². The molecule has 1 N–H and O–H groups in total. The number of nitrogens with one attached hydrogen (secondary N) is 1. The summed E-state index contributed by atoms with van der Waals surface area (Å²) < 4.78 is 10.9. The number of nitrogens with zero attached hydrogens (tertiary/aromatic N) is 2. The first-order chi connectivity index (χ1) is 14.0. The van der Waals surface area contributed by atoms with Gasteiger partial charge in [0, 0.05) is 29.8 Å². The zero-order valence-corrected chi connectivity index (χ0v) is 16.9. The van der Waals surface area contributed by atoms with Crippen molar-refractivity contribution in [3.63, 3.8) is 0 Å². The molecule has 0 spiro atoms. The van der Waals surface area contributed by atoms with Gasteiger partial charge in [-0.2, -0.15) is 0 Å². The number of aromatic nitrogens is 2. The lowest BCUT2D eigenvalue weighted by Crippen LogP contribution is -2.25. The van der Waals surface area contributed by atoms with Gasteiger partial charge in [0.15, 0.2) is 0 Å². The van der Waals surface area contributed by atoms with Crippen LogP contribution in [-0.2, 0) is 0 Å². The molecule has 0 unspecified atom stereocenters. The molecule has 6 nitrogen and oxygen atoms in total. The van der Waals surface area contributed by atoms with Crippen molar-refractivity contribution in [1.82, 2.24) is 15.5 Å². The Bertz CT molecular complexity index is 938. The van der Waals surface area contributed by atoms with E-state index in [9.17, 15) is 4.79 Å². The van der Waals surface area contributed by atoms with Gasteiger partial charge in [-0.25, -0.2) is 0 Å². The number of ether oxygens (including phenoxy) is 2. The molecule has 0 aliphatic rings. The summed E-state index contributed by atoms with van der Waals surface area (Å²) in [4.78, 5) is 12.2. The lowest BCUT2D eigenvalue weighted by Gasteiger charge is -2.08. The fraction of sp³-hybridized carbons (Fsp3) is 0.261. The molecule has 0 saturated heterocycles. The van der Waals surface area contributed by atoms with Crippen molar-refractivity contribution in [1.29, 1.82) is 0 Å². The molecular weight excluding hydrogens is 366 g/mol. The number of hydrogen-bond acceptors (Lipinski definition) is 5. The summed E-state index contributed by atoms with van der Waals surface area (Å²) >= 11 is 0. The zero-order valence-electron chi connectivity index (χ0n) is 16.9. The third-order valence-electron chi connectivity index (χ3n) is 4.35. The first-order valence-electron chi connectivity index (χ1n) is 9.59. The molecule has 0 bridgehead atoms. The molecule has 29 heavy (non-hydrogen) atoms. The average molecular weight is 391 g/mol. The highest BCUT2D eigenvalue weighted by Crippen LogP contribution is 2.25. The van der Waals surface area contributed by atoms with Crippen molar-refractivity contribution < 1.29 is 14.3 Å². The molecule has 0 atom stereocenters. The van der Waals surface area contributed by atoms with Crippen LogP contribution in [0.3, 0.4) is 0 Å². The van der Waals surface area contributed by atoms with Gasteiger partial charge in [-0.1, -0.05) is 32.0 Å². The second-order valence-electron chi connectivity index (χ2n) is 7.05. The van der Waals surface area contributed by atoms with Crippen molar-refractivity contribution >= 4 is 5.91 Å². The van der Waals surface area contributed by atoms with Gasteiger partial charge in [0.1, 0.15) is 11.5 Å². The van der Waals surface area contributed by atoms with Gasteiger partial charge >= 0.3 is 0 Å². The summed E-state index contributed by atoms with van der Waals surface area (Å²) in [6, 6.07) is 18.2. The SMILES string of the molecule is COc1cccc(Oc2ccc(-c3ccc(C(=O)NCCC(C)C)cc3)nn2)c1. The predicted molar refractivity (Wildman–Crippen MR) is 112 cm³/mol. The van der Waals surface area contributed by atoms with E-state index in [-0.39, 0.29) is 5.91 Å². The highest BCUT2D eigenvalue weighted by molar-refractivity contribution is 5.94. The fourth-order valence-electron chi connectivity index (χ4n) is 2.68. The number of hydrogen-bond donors (Lipinski definition) is 1. The van der Waals surface area contributed by atoms with Crippen LogP contribution >= 0.6 is 0 Å². The Morgan fingerprint density at radius 1 is 1.00 bits per heavy atom. The third kappa shape index (κ3) is 5.78. The Hall–Kier alpha value is -3.41. The minimum absolute atomic E-state index is 0.0645. The standard InChI is InChI=1S/C23H25N3O3/c1-16(2)13-14-24-23(27)18-9-7-17(8-10-18)21-11-12-22(26-25-21)29-20-6-4-5-19(15-20)28-3/h4-12,15-16H,13-14H2,1-3H3,(H,24,27). The number of methoxy groups -OCH3 is 1. The number of rotatable bonds is 8. The quantitative estimate of drug-likeness (QED) is 0.601. The van der Waals surface area contributed by atoms with Crippen LogP contribution in [0.4, 0.5) is 0 Å². The summed E-state index contributed by atoms with van der Waals surface area (Å²) in [6.45, 7) is 4.95. The third-order valence-corrected chi connectivity index (χ3v) is 4.35. The first kappa shape index (κ1) is 20.3. The Labute approximate surface area is 170 Å². The second kappa shape index (κ2) is 9.68. The number of amides is 1. The molecule has 0 aliphatic carbocycles. The maximum absolute atomic E-state index is 12.2. The van der Waals surface area contributed by atoms with Gasteiger partial charge in [0.2, 0.25) is 5.88 Å². The Kier molecular flexibility index (Phi) is 6.79. The van der Waals surface area contributed by atoms with E-state index in [2.05, 4.69) is 29.4 Å². The molecule has 3 aromatic rings. The van der Waals surface area contributed by atoms with Gasteiger partial charge < -0.3 is 14.8 Å². The summed E-state index contributed by atoms with van der Waals surface area (Å²) in [5.41, 5.74) is 2.21. The van der Waals surface area contributed by atoms with E-state index in [1.807, 2.05) is 36.4 Å². The van der Waals surface area contributed by atoms with Gasteiger partial charge in [-0.3, -0.25) is 4.79 Å². The molecule has 0 radical (unpaired) electrons. The van der Waals surface area contributed by atoms with Crippen LogP contribution in [0.1, 0.15) is 30.6 Å². The van der Waals surface area contributed by atoms with Crippen LogP contribution < -0.4 is 14.8 Å². The molecule has 0 aliphatic heterocycles. The molecular formula is C23H25N3O3. The smallest absolute Gasteiger partial charge is 0.251 e. The van der Waals surface area contributed by atoms with Crippen molar-refractivity contribution in [2.75, 3.05) is 13.7 Å². The van der Waals surface area contributed by atoms with Crippen LogP contribution in [0, 0.1) is 5.92 Å². The lowest BCUT2D eigenvalue weighted by molar-refractivity contribution is 0.0952. The summed E-state index contributed by atoms with van der Waals surface area (Å²) in [5, 5.41) is 11.3. The lowest BCUT2D eigenvalue weighted by atomic mass is 10.1. The van der Waals surface area contributed by atoms with Gasteiger partial charge in [-0.15, -0.1) is 10.2 Å². The van der Waals surface area contributed by atoms with Gasteiger partial charge in [0.25, 0.3) is 5.91 Å². The molecule has 0 fully saturated rings. The van der Waals surface area contributed by atoms with E-state index in [4.69, 9.17) is 9.47 Å². The fourth-order valence-corrected chi connectivity index (χ4v) is 2.68. The van der Waals surface area contributed by atoms with Gasteiger partial charge in [0.05, 0.1) is 12.8 Å². The summed E-state index contributed by atoms with van der Waals surface area (Å²) in [5.74, 6) is 2.22.